The Morgan fingerprint density at radius 3 is 2.33 bits per heavy atom. The number of aromatic nitrogens is 3. The lowest BCUT2D eigenvalue weighted by Crippen LogP contribution is -2.12. The Morgan fingerprint density at radius 2 is 1.81 bits per heavy atom. The first-order valence-electron chi connectivity index (χ1n) is 7.28. The van der Waals surface area contributed by atoms with Gasteiger partial charge in [0.25, 0.3) is 0 Å². The predicted octanol–water partition coefficient (Wildman–Crippen LogP) is 3.25. The second-order valence-electron chi connectivity index (χ2n) is 5.31. The minimum Gasteiger partial charge on any atom is -0.444 e. The lowest BCUT2D eigenvalue weighted by Gasteiger charge is -2.15. The van der Waals surface area contributed by atoms with Crippen molar-refractivity contribution in [1.29, 1.82) is 0 Å². The summed E-state index contributed by atoms with van der Waals surface area (Å²) in [5.41, 5.74) is 1.00. The summed E-state index contributed by atoms with van der Waals surface area (Å²) < 4.78 is 5.47. The van der Waals surface area contributed by atoms with Gasteiger partial charge in [0.05, 0.1) is 12.7 Å². The number of nitrogens with one attached hydrogen (secondary N) is 2. The number of hydrogen-bond donors (Lipinski definition) is 2. The summed E-state index contributed by atoms with van der Waals surface area (Å²) in [6, 6.07) is 0. The molecule has 2 heterocycles. The van der Waals surface area contributed by atoms with Gasteiger partial charge in [0, 0.05) is 18.0 Å². The molecule has 0 atom stereocenters. The van der Waals surface area contributed by atoms with Crippen LogP contribution in [-0.2, 0) is 6.54 Å². The van der Waals surface area contributed by atoms with Gasteiger partial charge in [0.15, 0.2) is 0 Å². The molecular weight excluding hydrogens is 266 g/mol. The number of nitrogens with zero attached hydrogens (tertiary/aromatic N) is 3. The van der Waals surface area contributed by atoms with Crippen molar-refractivity contribution in [3.8, 4) is 0 Å². The number of aryl methyl sites for hydroxylation is 1. The summed E-state index contributed by atoms with van der Waals surface area (Å²) in [5, 5.41) is 6.57. The molecule has 114 valence electrons. The van der Waals surface area contributed by atoms with E-state index in [1.165, 1.54) is 0 Å². The van der Waals surface area contributed by atoms with Gasteiger partial charge in [-0.3, -0.25) is 0 Å². The smallest absolute Gasteiger partial charge is 0.213 e. The number of hydrogen-bond acceptors (Lipinski definition) is 6. The molecule has 0 unspecified atom stereocenters. The van der Waals surface area contributed by atoms with E-state index in [0.29, 0.717) is 12.4 Å². The molecule has 0 radical (unpaired) electrons. The number of rotatable bonds is 6. The fourth-order valence-corrected chi connectivity index (χ4v) is 1.95. The third-order valence-corrected chi connectivity index (χ3v) is 3.10. The van der Waals surface area contributed by atoms with Gasteiger partial charge < -0.3 is 15.1 Å². The minimum absolute atomic E-state index is 0.271. The number of anilines is 2. The molecule has 2 aromatic heterocycles. The van der Waals surface area contributed by atoms with Crippen molar-refractivity contribution in [3.05, 3.63) is 29.2 Å². The quantitative estimate of drug-likeness (QED) is 0.850. The maximum absolute atomic E-state index is 5.47. The van der Waals surface area contributed by atoms with Crippen molar-refractivity contribution < 1.29 is 4.42 Å². The molecule has 0 aliphatic rings. The summed E-state index contributed by atoms with van der Waals surface area (Å²) in [7, 11) is 0. The van der Waals surface area contributed by atoms with E-state index in [2.05, 4.69) is 46.4 Å². The van der Waals surface area contributed by atoms with E-state index in [0.717, 1.165) is 35.3 Å². The van der Waals surface area contributed by atoms with E-state index >= 15 is 0 Å². The maximum atomic E-state index is 5.47. The van der Waals surface area contributed by atoms with Crippen LogP contribution in [0.5, 0.6) is 0 Å². The van der Waals surface area contributed by atoms with E-state index in [1.54, 1.807) is 6.20 Å². The monoisotopic (exact) mass is 289 g/mol. The Bertz CT molecular complexity index is 606. The highest BCUT2D eigenvalue weighted by atomic mass is 16.4. The van der Waals surface area contributed by atoms with Gasteiger partial charge >= 0.3 is 0 Å². The van der Waals surface area contributed by atoms with Crippen LogP contribution in [0.25, 0.3) is 0 Å². The van der Waals surface area contributed by atoms with Crippen LogP contribution in [0.1, 0.15) is 49.7 Å². The highest BCUT2D eigenvalue weighted by Crippen LogP contribution is 2.23. The first-order chi connectivity index (χ1) is 10.0. The van der Waals surface area contributed by atoms with Crippen LogP contribution in [0.2, 0.25) is 0 Å². The summed E-state index contributed by atoms with van der Waals surface area (Å²) in [6.07, 6.45) is 1.72. The Balaban J connectivity index is 2.23. The molecule has 0 aliphatic heterocycles. The van der Waals surface area contributed by atoms with Crippen LogP contribution in [0.4, 0.5) is 11.6 Å². The van der Waals surface area contributed by atoms with Crippen molar-refractivity contribution in [3.63, 3.8) is 0 Å². The van der Waals surface area contributed by atoms with Crippen LogP contribution in [-0.4, -0.2) is 21.5 Å². The third kappa shape index (κ3) is 3.71. The van der Waals surface area contributed by atoms with Crippen LogP contribution < -0.4 is 10.6 Å². The van der Waals surface area contributed by atoms with E-state index in [-0.39, 0.29) is 5.92 Å². The van der Waals surface area contributed by atoms with Gasteiger partial charge in [0.2, 0.25) is 5.89 Å². The Kier molecular flexibility index (Phi) is 4.77. The van der Waals surface area contributed by atoms with Crippen molar-refractivity contribution in [2.24, 2.45) is 0 Å². The molecule has 0 aromatic carbocycles. The van der Waals surface area contributed by atoms with Crippen LogP contribution in [0, 0.1) is 13.8 Å². The van der Waals surface area contributed by atoms with Gasteiger partial charge in [-0.15, -0.1) is 0 Å². The van der Waals surface area contributed by atoms with Crippen LogP contribution >= 0.6 is 0 Å². The molecule has 21 heavy (non-hydrogen) atoms. The van der Waals surface area contributed by atoms with E-state index in [9.17, 15) is 0 Å². The molecule has 0 saturated carbocycles. The van der Waals surface area contributed by atoms with Gasteiger partial charge in [-0.2, -0.15) is 0 Å². The third-order valence-electron chi connectivity index (χ3n) is 3.10. The summed E-state index contributed by atoms with van der Waals surface area (Å²) >= 11 is 0. The molecule has 2 aromatic rings. The molecule has 6 heteroatoms. The summed E-state index contributed by atoms with van der Waals surface area (Å²) in [4.78, 5) is 13.4. The van der Waals surface area contributed by atoms with Crippen molar-refractivity contribution in [2.45, 2.75) is 47.1 Å². The zero-order valence-corrected chi connectivity index (χ0v) is 13.3. The highest BCUT2D eigenvalue weighted by Gasteiger charge is 2.13. The number of oxazole rings is 1. The maximum Gasteiger partial charge on any atom is 0.213 e. The second-order valence-corrected chi connectivity index (χ2v) is 5.31. The summed E-state index contributed by atoms with van der Waals surface area (Å²) in [6.45, 7) is 11.4. The highest BCUT2D eigenvalue weighted by molar-refractivity contribution is 5.57. The Morgan fingerprint density at radius 1 is 1.14 bits per heavy atom. The van der Waals surface area contributed by atoms with Crippen molar-refractivity contribution in [2.75, 3.05) is 17.2 Å². The Hall–Kier alpha value is -2.11. The fraction of sp³-hybridized carbons (Fsp3) is 0.533. The summed E-state index contributed by atoms with van der Waals surface area (Å²) in [5.74, 6) is 4.25. The van der Waals surface area contributed by atoms with Gasteiger partial charge in [-0.1, -0.05) is 13.8 Å². The van der Waals surface area contributed by atoms with Gasteiger partial charge in [-0.25, -0.2) is 15.0 Å². The first kappa shape index (κ1) is 15.3. The van der Waals surface area contributed by atoms with Crippen molar-refractivity contribution in [1.82, 2.24) is 15.0 Å². The standard InChI is InChI=1S/C15H23N5O/c1-6-16-14-11(5)15(20-13(19-14)9(2)3)18-8-12-17-7-10(4)21-12/h7,9H,6,8H2,1-5H3,(H2,16,18,19,20). The van der Waals surface area contributed by atoms with Crippen molar-refractivity contribution >= 4 is 11.6 Å². The zero-order valence-electron chi connectivity index (χ0n) is 13.3. The fourth-order valence-electron chi connectivity index (χ4n) is 1.95. The van der Waals surface area contributed by atoms with Gasteiger partial charge in [-0.05, 0) is 20.8 Å². The van der Waals surface area contributed by atoms with E-state index in [1.807, 2.05) is 13.8 Å². The molecule has 0 amide bonds. The van der Waals surface area contributed by atoms with Crippen LogP contribution in [0.15, 0.2) is 10.6 Å². The van der Waals surface area contributed by atoms with E-state index in [4.69, 9.17) is 4.42 Å². The average Bonchev–Trinajstić information content (AvgIpc) is 2.85. The lowest BCUT2D eigenvalue weighted by molar-refractivity contribution is 0.478. The molecule has 0 saturated heterocycles. The topological polar surface area (TPSA) is 75.9 Å². The average molecular weight is 289 g/mol. The molecule has 0 fully saturated rings. The first-order valence-corrected chi connectivity index (χ1v) is 7.28. The largest absolute Gasteiger partial charge is 0.444 e. The molecule has 6 nitrogen and oxygen atoms in total. The normalized spacial score (nSPS) is 11.0. The molecular formula is C15H23N5O. The van der Waals surface area contributed by atoms with E-state index < -0.39 is 0 Å². The Labute approximate surface area is 125 Å². The predicted molar refractivity (Wildman–Crippen MR) is 83.6 cm³/mol. The molecule has 2 rings (SSSR count). The molecule has 2 N–H and O–H groups in total. The lowest BCUT2D eigenvalue weighted by atomic mass is 10.2. The molecule has 0 aliphatic carbocycles. The molecule has 0 bridgehead atoms. The zero-order chi connectivity index (χ0) is 15.4. The second kappa shape index (κ2) is 6.56. The molecule has 0 spiro atoms. The SMILES string of the molecule is CCNc1nc(C(C)C)nc(NCc2ncc(C)o2)c1C. The van der Waals surface area contributed by atoms with Crippen LogP contribution in [0.3, 0.4) is 0 Å². The minimum atomic E-state index is 0.271. The van der Waals surface area contributed by atoms with Gasteiger partial charge in [0.1, 0.15) is 23.2 Å².